The van der Waals surface area contributed by atoms with E-state index in [1.165, 1.54) is 74.5 Å². The Hall–Kier alpha value is -2.68. The predicted octanol–water partition coefficient (Wildman–Crippen LogP) is 7.97. The average molecular weight is 431 g/mol. The lowest BCUT2D eigenvalue weighted by atomic mass is 10.0. The fraction of sp³-hybridized carbons (Fsp3) is 0.448. The van der Waals surface area contributed by atoms with Crippen LogP contribution < -0.4 is 4.74 Å². The molecule has 0 spiro atoms. The molecule has 3 rings (SSSR count). The average Bonchev–Trinajstić information content (AvgIpc) is 2.85. The Balaban J connectivity index is 1.43. The molecular formula is C29H38N2O. The summed E-state index contributed by atoms with van der Waals surface area (Å²) in [4.78, 5) is 9.04. The van der Waals surface area contributed by atoms with E-state index in [9.17, 15) is 0 Å². The molecule has 0 atom stereocenters. The third-order valence-electron chi connectivity index (χ3n) is 5.88. The molecule has 0 bridgehead atoms. The van der Waals surface area contributed by atoms with Gasteiger partial charge in [-0.25, -0.2) is 9.97 Å². The standard InChI is InChI=1S/C29H38N2O/c1-3-5-7-8-9-10-12-24-13-15-25(16-14-24)23-32-28-19-17-27(18-20-28)29-30-21-26(22-31-29)11-6-4-2/h13-22H,3-12,23H2,1-2H3. The van der Waals surface area contributed by atoms with Crippen LogP contribution in [0.1, 0.15) is 81.9 Å². The van der Waals surface area contributed by atoms with E-state index in [1.807, 2.05) is 36.7 Å². The SMILES string of the molecule is CCCCCCCCc1ccc(COc2ccc(-c3ncc(CCCC)cn3)cc2)cc1. The van der Waals surface area contributed by atoms with Crippen LogP contribution in [-0.2, 0) is 19.4 Å². The Bertz CT molecular complexity index is 886. The smallest absolute Gasteiger partial charge is 0.159 e. The normalized spacial score (nSPS) is 10.9. The molecule has 0 unspecified atom stereocenters. The highest BCUT2D eigenvalue weighted by Gasteiger charge is 2.03. The summed E-state index contributed by atoms with van der Waals surface area (Å²) >= 11 is 0. The van der Waals surface area contributed by atoms with Crippen molar-refractivity contribution in [2.75, 3.05) is 0 Å². The van der Waals surface area contributed by atoms with Gasteiger partial charge in [-0.1, -0.05) is 76.6 Å². The van der Waals surface area contributed by atoms with Crippen LogP contribution in [0.3, 0.4) is 0 Å². The van der Waals surface area contributed by atoms with Gasteiger partial charge in [0.1, 0.15) is 12.4 Å². The lowest BCUT2D eigenvalue weighted by Gasteiger charge is -2.08. The van der Waals surface area contributed by atoms with E-state index < -0.39 is 0 Å². The van der Waals surface area contributed by atoms with E-state index in [2.05, 4.69) is 48.1 Å². The molecule has 170 valence electrons. The van der Waals surface area contributed by atoms with Crippen LogP contribution in [0.4, 0.5) is 0 Å². The topological polar surface area (TPSA) is 35.0 Å². The minimum atomic E-state index is 0.583. The summed E-state index contributed by atoms with van der Waals surface area (Å²) in [6.45, 7) is 5.05. The lowest BCUT2D eigenvalue weighted by Crippen LogP contribution is -1.96. The van der Waals surface area contributed by atoms with Gasteiger partial charge in [-0.2, -0.15) is 0 Å². The summed E-state index contributed by atoms with van der Waals surface area (Å²) in [5.74, 6) is 1.63. The van der Waals surface area contributed by atoms with Crippen molar-refractivity contribution < 1.29 is 4.74 Å². The van der Waals surface area contributed by atoms with Crippen LogP contribution in [0, 0.1) is 0 Å². The molecule has 0 saturated carbocycles. The highest BCUT2D eigenvalue weighted by Crippen LogP contribution is 2.20. The maximum atomic E-state index is 5.98. The van der Waals surface area contributed by atoms with Gasteiger partial charge < -0.3 is 4.74 Å². The second kappa shape index (κ2) is 13.7. The highest BCUT2D eigenvalue weighted by atomic mass is 16.5. The molecule has 0 fully saturated rings. The van der Waals surface area contributed by atoms with Crippen LogP contribution in [0.5, 0.6) is 5.75 Å². The number of rotatable bonds is 14. The Morgan fingerprint density at radius 3 is 1.88 bits per heavy atom. The minimum Gasteiger partial charge on any atom is -0.489 e. The molecule has 0 radical (unpaired) electrons. The van der Waals surface area contributed by atoms with Crippen LogP contribution in [0.2, 0.25) is 0 Å². The summed E-state index contributed by atoms with van der Waals surface area (Å²) < 4.78 is 5.98. The second-order valence-corrected chi connectivity index (χ2v) is 8.67. The molecular weight excluding hydrogens is 392 g/mol. The molecule has 3 nitrogen and oxygen atoms in total. The fourth-order valence-corrected chi connectivity index (χ4v) is 3.79. The fourth-order valence-electron chi connectivity index (χ4n) is 3.79. The van der Waals surface area contributed by atoms with Gasteiger partial charge in [0, 0.05) is 18.0 Å². The molecule has 0 N–H and O–H groups in total. The molecule has 0 aliphatic heterocycles. The molecule has 0 amide bonds. The van der Waals surface area contributed by atoms with Crippen LogP contribution >= 0.6 is 0 Å². The molecule has 32 heavy (non-hydrogen) atoms. The van der Waals surface area contributed by atoms with Gasteiger partial charge in [0.05, 0.1) is 0 Å². The molecule has 0 saturated heterocycles. The van der Waals surface area contributed by atoms with Crippen LogP contribution in [0.15, 0.2) is 60.9 Å². The molecule has 1 aromatic heterocycles. The van der Waals surface area contributed by atoms with Gasteiger partial charge in [0.15, 0.2) is 5.82 Å². The Kier molecular flexibility index (Phi) is 10.2. The van der Waals surface area contributed by atoms with Crippen molar-refractivity contribution >= 4 is 0 Å². The van der Waals surface area contributed by atoms with E-state index in [-0.39, 0.29) is 0 Å². The van der Waals surface area contributed by atoms with E-state index in [0.29, 0.717) is 6.61 Å². The van der Waals surface area contributed by atoms with E-state index in [4.69, 9.17) is 4.74 Å². The number of ether oxygens (including phenoxy) is 1. The molecule has 2 aromatic carbocycles. The first-order chi connectivity index (χ1) is 15.8. The number of nitrogens with zero attached hydrogens (tertiary/aromatic N) is 2. The zero-order chi connectivity index (χ0) is 22.4. The minimum absolute atomic E-state index is 0.583. The van der Waals surface area contributed by atoms with Crippen molar-refractivity contribution in [2.24, 2.45) is 0 Å². The van der Waals surface area contributed by atoms with Gasteiger partial charge in [0.25, 0.3) is 0 Å². The van der Waals surface area contributed by atoms with Crippen LogP contribution in [0.25, 0.3) is 11.4 Å². The number of aryl methyl sites for hydroxylation is 2. The largest absolute Gasteiger partial charge is 0.489 e. The third kappa shape index (κ3) is 8.11. The first-order valence-corrected chi connectivity index (χ1v) is 12.4. The summed E-state index contributed by atoms with van der Waals surface area (Å²) in [6.07, 6.45) is 16.5. The molecule has 1 heterocycles. The second-order valence-electron chi connectivity index (χ2n) is 8.67. The molecule has 3 heteroatoms. The number of aromatic nitrogens is 2. The number of hydrogen-bond donors (Lipinski definition) is 0. The van der Waals surface area contributed by atoms with E-state index in [0.717, 1.165) is 23.6 Å². The molecule has 3 aromatic rings. The van der Waals surface area contributed by atoms with Gasteiger partial charge in [0.2, 0.25) is 0 Å². The first kappa shape index (κ1) is 24.0. The number of benzene rings is 2. The Morgan fingerprint density at radius 2 is 1.19 bits per heavy atom. The molecule has 0 aliphatic rings. The van der Waals surface area contributed by atoms with Crippen molar-refractivity contribution in [2.45, 2.75) is 84.7 Å². The zero-order valence-electron chi connectivity index (χ0n) is 19.9. The summed E-state index contributed by atoms with van der Waals surface area (Å²) in [5, 5.41) is 0. The maximum Gasteiger partial charge on any atom is 0.159 e. The van der Waals surface area contributed by atoms with Crippen molar-refractivity contribution in [3.8, 4) is 17.1 Å². The summed E-state index contributed by atoms with van der Waals surface area (Å²) in [5.41, 5.74) is 4.84. The van der Waals surface area contributed by atoms with Crippen molar-refractivity contribution in [1.29, 1.82) is 0 Å². The van der Waals surface area contributed by atoms with E-state index in [1.54, 1.807) is 0 Å². The third-order valence-corrected chi connectivity index (χ3v) is 5.88. The van der Waals surface area contributed by atoms with Gasteiger partial charge in [-0.05, 0) is 66.6 Å². The van der Waals surface area contributed by atoms with Gasteiger partial charge in [-0.3, -0.25) is 0 Å². The van der Waals surface area contributed by atoms with Crippen molar-refractivity contribution in [3.63, 3.8) is 0 Å². The summed E-state index contributed by atoms with van der Waals surface area (Å²) in [6, 6.07) is 16.9. The maximum absolute atomic E-state index is 5.98. The zero-order valence-corrected chi connectivity index (χ0v) is 19.9. The first-order valence-electron chi connectivity index (χ1n) is 12.4. The Labute approximate surface area is 194 Å². The predicted molar refractivity (Wildman–Crippen MR) is 134 cm³/mol. The number of hydrogen-bond acceptors (Lipinski definition) is 3. The number of unbranched alkanes of at least 4 members (excludes halogenated alkanes) is 6. The van der Waals surface area contributed by atoms with Crippen molar-refractivity contribution in [1.82, 2.24) is 9.97 Å². The van der Waals surface area contributed by atoms with E-state index >= 15 is 0 Å². The molecule has 0 aliphatic carbocycles. The van der Waals surface area contributed by atoms with Gasteiger partial charge >= 0.3 is 0 Å². The highest BCUT2D eigenvalue weighted by molar-refractivity contribution is 5.55. The lowest BCUT2D eigenvalue weighted by molar-refractivity contribution is 0.306. The van der Waals surface area contributed by atoms with Crippen LogP contribution in [-0.4, -0.2) is 9.97 Å². The quantitative estimate of drug-likeness (QED) is 0.243. The monoisotopic (exact) mass is 430 g/mol. The van der Waals surface area contributed by atoms with Gasteiger partial charge in [-0.15, -0.1) is 0 Å². The Morgan fingerprint density at radius 1 is 0.594 bits per heavy atom. The summed E-state index contributed by atoms with van der Waals surface area (Å²) in [7, 11) is 0. The van der Waals surface area contributed by atoms with Crippen molar-refractivity contribution in [3.05, 3.63) is 77.6 Å².